The number of ether oxygens (including phenoxy) is 5. The number of cyclic esters (lactones) is 1. The van der Waals surface area contributed by atoms with Gasteiger partial charge in [-0.2, -0.15) is 0 Å². The summed E-state index contributed by atoms with van der Waals surface area (Å²) >= 11 is 1.22. The number of rotatable bonds is 2. The number of phenols is 1. The van der Waals surface area contributed by atoms with Crippen molar-refractivity contribution in [1.82, 2.24) is 9.80 Å². The van der Waals surface area contributed by atoms with Gasteiger partial charge in [0.25, 0.3) is 0 Å². The molecule has 2 aromatic carbocycles. The fourth-order valence-electron chi connectivity index (χ4n) is 8.41. The summed E-state index contributed by atoms with van der Waals surface area (Å²) in [7, 11) is 1.52. The number of phenolic OH excluding ortho intramolecular Hbond substituents is 1. The molecule has 3 fully saturated rings. The number of thioether (sulfide) groups is 1. The van der Waals surface area contributed by atoms with Crippen LogP contribution in [0.4, 0.5) is 0 Å². The molecule has 6 aliphatic rings. The van der Waals surface area contributed by atoms with Crippen molar-refractivity contribution in [3.63, 3.8) is 0 Å². The lowest BCUT2D eigenvalue weighted by molar-refractivity contribution is -0.194. The summed E-state index contributed by atoms with van der Waals surface area (Å²) in [5.74, 6) is -0.764. The van der Waals surface area contributed by atoms with Crippen LogP contribution in [0.25, 0.3) is 0 Å². The van der Waals surface area contributed by atoms with Crippen molar-refractivity contribution in [2.75, 3.05) is 32.8 Å². The summed E-state index contributed by atoms with van der Waals surface area (Å²) in [6.45, 7) is 4.96. The SMILES string of the molecule is COc1c(C)cc2c(c1O)C1C3[C@@H]4SCC(=O)C(=O)OCC(c5c6c(c(C)c(OC(C)=O)c54)OCO6)N3[C@]3(O)CC2N1C3. The molecule has 226 valence electrons. The average Bonchev–Trinajstić information content (AvgIpc) is 3.63. The fourth-order valence-corrected chi connectivity index (χ4v) is 9.74. The molecule has 6 atom stereocenters. The first kappa shape index (κ1) is 27.1. The van der Waals surface area contributed by atoms with Gasteiger partial charge in [0.05, 0.1) is 30.2 Å². The van der Waals surface area contributed by atoms with Crippen molar-refractivity contribution in [3.8, 4) is 28.7 Å². The lowest BCUT2D eigenvalue weighted by Crippen LogP contribution is -2.66. The van der Waals surface area contributed by atoms with Crippen LogP contribution in [0, 0.1) is 13.8 Å². The summed E-state index contributed by atoms with van der Waals surface area (Å²) in [6.07, 6.45) is 0.344. The molecule has 2 aromatic rings. The topological polar surface area (TPSA) is 144 Å². The van der Waals surface area contributed by atoms with Crippen molar-refractivity contribution in [1.29, 1.82) is 0 Å². The van der Waals surface area contributed by atoms with Gasteiger partial charge in [-0.1, -0.05) is 6.07 Å². The number of carbonyl (C=O) groups is 3. The molecule has 8 rings (SSSR count). The predicted octanol–water partition coefficient (Wildman–Crippen LogP) is 2.50. The molecule has 0 saturated carbocycles. The van der Waals surface area contributed by atoms with Gasteiger partial charge in [0, 0.05) is 54.2 Å². The number of aromatic hydroxyl groups is 1. The number of esters is 2. The molecule has 0 spiro atoms. The highest BCUT2D eigenvalue weighted by atomic mass is 32.2. The van der Waals surface area contributed by atoms with Crippen molar-refractivity contribution in [3.05, 3.63) is 39.4 Å². The Hall–Kier alpha value is -3.52. The summed E-state index contributed by atoms with van der Waals surface area (Å²) in [5, 5.41) is 23.6. The molecule has 43 heavy (non-hydrogen) atoms. The van der Waals surface area contributed by atoms with E-state index < -0.39 is 46.8 Å². The number of Topliss-reactive ketones (excluding diaryl/α,β-unsaturated/α-hetero) is 1. The van der Waals surface area contributed by atoms with Gasteiger partial charge < -0.3 is 33.9 Å². The second kappa shape index (κ2) is 9.00. The van der Waals surface area contributed by atoms with E-state index in [1.807, 2.05) is 17.9 Å². The standard InChI is InChI=1S/C30H30N2O10S/c1-11-5-14-15-6-30(37)9-31(15)21(18(14)23(35)24(11)38-4)22-28-20-19(16(32(22)30)7-39-29(36)17(34)8-43-28)27-26(40-10-41-27)12(2)25(20)42-13(3)33/h5,15-16,21-22,28,35,37H,6-10H2,1-4H3/t15?,16?,21?,22?,28-,30+/m1/s1. The minimum atomic E-state index is -1.34. The summed E-state index contributed by atoms with van der Waals surface area (Å²) in [5.41, 5.74) is 2.89. The Labute approximate surface area is 250 Å². The number of piperazine rings is 1. The number of benzene rings is 2. The number of aliphatic hydroxyl groups is 1. The van der Waals surface area contributed by atoms with E-state index in [1.54, 1.807) is 6.92 Å². The van der Waals surface area contributed by atoms with Gasteiger partial charge in [0.2, 0.25) is 12.6 Å². The van der Waals surface area contributed by atoms with Crippen LogP contribution >= 0.6 is 11.8 Å². The normalized spacial score (nSPS) is 31.8. The Morgan fingerprint density at radius 3 is 2.60 bits per heavy atom. The van der Waals surface area contributed by atoms with Crippen LogP contribution in [0.5, 0.6) is 28.7 Å². The lowest BCUT2D eigenvalue weighted by Gasteiger charge is -2.58. The Bertz CT molecular complexity index is 1660. The summed E-state index contributed by atoms with van der Waals surface area (Å²) in [6, 6.07) is 0.0944. The number of ketones is 1. The van der Waals surface area contributed by atoms with E-state index >= 15 is 0 Å². The minimum Gasteiger partial charge on any atom is -0.504 e. The number of hydrogen-bond acceptors (Lipinski definition) is 13. The molecule has 0 radical (unpaired) electrons. The minimum absolute atomic E-state index is 0.0464. The van der Waals surface area contributed by atoms with Crippen LogP contribution in [-0.4, -0.2) is 82.3 Å². The molecule has 6 aliphatic heterocycles. The van der Waals surface area contributed by atoms with Gasteiger partial charge in [-0.15, -0.1) is 11.8 Å². The van der Waals surface area contributed by atoms with Crippen molar-refractivity contribution >= 4 is 29.5 Å². The third-order valence-corrected chi connectivity index (χ3v) is 11.1. The number of hydrogen-bond donors (Lipinski definition) is 2. The van der Waals surface area contributed by atoms with Crippen LogP contribution in [0.15, 0.2) is 6.07 Å². The Morgan fingerprint density at radius 2 is 1.86 bits per heavy atom. The highest BCUT2D eigenvalue weighted by Crippen LogP contribution is 2.69. The van der Waals surface area contributed by atoms with Gasteiger partial charge in [-0.25, -0.2) is 4.79 Å². The Kier molecular flexibility index (Phi) is 5.67. The van der Waals surface area contributed by atoms with Crippen LogP contribution in [0.3, 0.4) is 0 Å². The largest absolute Gasteiger partial charge is 0.504 e. The fraction of sp³-hybridized carbons (Fsp3) is 0.500. The molecule has 2 N–H and O–H groups in total. The maximum Gasteiger partial charge on any atom is 0.375 e. The van der Waals surface area contributed by atoms with E-state index in [9.17, 15) is 24.6 Å². The van der Waals surface area contributed by atoms with Crippen LogP contribution in [0.1, 0.15) is 70.1 Å². The van der Waals surface area contributed by atoms with Crippen molar-refractivity contribution in [2.24, 2.45) is 0 Å². The molecule has 13 heteroatoms. The van der Waals surface area contributed by atoms with Crippen LogP contribution in [0.2, 0.25) is 0 Å². The molecule has 12 nitrogen and oxygen atoms in total. The van der Waals surface area contributed by atoms with E-state index in [2.05, 4.69) is 4.90 Å². The van der Waals surface area contributed by atoms with Gasteiger partial charge in [0.15, 0.2) is 23.0 Å². The third-order valence-electron chi connectivity index (χ3n) is 9.79. The van der Waals surface area contributed by atoms with Crippen molar-refractivity contribution in [2.45, 2.75) is 62.3 Å². The van der Waals surface area contributed by atoms with E-state index in [1.165, 1.54) is 25.8 Å². The molecule has 4 bridgehead atoms. The number of carbonyl (C=O) groups excluding carboxylic acids is 3. The molecular formula is C30H30N2O10S. The predicted molar refractivity (Wildman–Crippen MR) is 149 cm³/mol. The Balaban J connectivity index is 1.44. The number of methoxy groups -OCH3 is 1. The van der Waals surface area contributed by atoms with Gasteiger partial charge in [-0.3, -0.25) is 19.4 Å². The molecular weight excluding hydrogens is 580 g/mol. The van der Waals surface area contributed by atoms with E-state index in [4.69, 9.17) is 23.7 Å². The van der Waals surface area contributed by atoms with E-state index in [-0.39, 0.29) is 37.5 Å². The molecule has 0 aliphatic carbocycles. The first-order valence-corrected chi connectivity index (χ1v) is 15.2. The zero-order valence-electron chi connectivity index (χ0n) is 24.0. The summed E-state index contributed by atoms with van der Waals surface area (Å²) in [4.78, 5) is 42.3. The maximum atomic E-state index is 12.9. The second-order valence-corrected chi connectivity index (χ2v) is 13.1. The summed E-state index contributed by atoms with van der Waals surface area (Å²) < 4.78 is 29.0. The van der Waals surface area contributed by atoms with Gasteiger partial charge in [-0.05, 0) is 25.0 Å². The number of aryl methyl sites for hydroxylation is 1. The zero-order chi connectivity index (χ0) is 30.1. The maximum absolute atomic E-state index is 12.9. The van der Waals surface area contributed by atoms with Crippen molar-refractivity contribution < 1.29 is 48.3 Å². The lowest BCUT2D eigenvalue weighted by atomic mass is 9.76. The second-order valence-electron chi connectivity index (χ2n) is 12.0. The average molecular weight is 611 g/mol. The van der Waals surface area contributed by atoms with Gasteiger partial charge in [0.1, 0.15) is 18.1 Å². The van der Waals surface area contributed by atoms with Crippen LogP contribution < -0.4 is 18.9 Å². The highest BCUT2D eigenvalue weighted by molar-refractivity contribution is 8.00. The molecule has 4 unspecified atom stereocenters. The van der Waals surface area contributed by atoms with Gasteiger partial charge >= 0.3 is 11.9 Å². The van der Waals surface area contributed by atoms with E-state index in [0.29, 0.717) is 51.7 Å². The monoisotopic (exact) mass is 610 g/mol. The number of fused-ring (bicyclic) bond motifs is 9. The van der Waals surface area contributed by atoms with E-state index in [0.717, 1.165) is 11.1 Å². The highest BCUT2D eigenvalue weighted by Gasteiger charge is 2.68. The first-order valence-electron chi connectivity index (χ1n) is 14.2. The molecule has 0 amide bonds. The quantitative estimate of drug-likeness (QED) is 0.292. The smallest absolute Gasteiger partial charge is 0.375 e. The zero-order valence-corrected chi connectivity index (χ0v) is 24.8. The molecule has 3 saturated heterocycles. The third kappa shape index (κ3) is 3.41. The van der Waals surface area contributed by atoms with Crippen LogP contribution in [-0.2, 0) is 19.1 Å². The first-order chi connectivity index (χ1) is 20.6. The molecule has 6 heterocycles. The molecule has 0 aromatic heterocycles. The number of nitrogens with zero attached hydrogens (tertiary/aromatic N) is 2. The Morgan fingerprint density at radius 1 is 1.09 bits per heavy atom.